The molecule has 0 aromatic carbocycles. The van der Waals surface area contributed by atoms with E-state index >= 15 is 0 Å². The van der Waals surface area contributed by atoms with Crippen molar-refractivity contribution in [2.75, 3.05) is 5.75 Å². The van der Waals surface area contributed by atoms with E-state index in [2.05, 4.69) is 37.9 Å². The van der Waals surface area contributed by atoms with Crippen LogP contribution in [-0.2, 0) is 4.79 Å². The van der Waals surface area contributed by atoms with E-state index in [1.54, 1.807) is 20.8 Å². The lowest BCUT2D eigenvalue weighted by atomic mass is 10.1. The second-order valence-corrected chi connectivity index (χ2v) is 6.63. The molecule has 2 heterocycles. The minimum absolute atomic E-state index is 0.0745. The molecule has 2 unspecified atom stereocenters. The second-order valence-electron chi connectivity index (χ2n) is 6.27. The van der Waals surface area contributed by atoms with E-state index in [1.807, 2.05) is 0 Å². The summed E-state index contributed by atoms with van der Waals surface area (Å²) in [7, 11) is 0. The number of amides is 1. The fraction of sp³-hybridized carbons (Fsp3) is 0.500. The maximum atomic E-state index is 12.0. The molecule has 0 fully saturated rings. The number of thiol groups is 1. The molecule has 10 nitrogen and oxygen atoms in total. The van der Waals surface area contributed by atoms with E-state index in [1.165, 1.54) is 12.4 Å². The molecule has 0 saturated heterocycles. The van der Waals surface area contributed by atoms with Crippen LogP contribution in [-0.4, -0.2) is 61.4 Å². The zero-order valence-corrected chi connectivity index (χ0v) is 14.8. The summed E-state index contributed by atoms with van der Waals surface area (Å²) in [6.07, 6.45) is 1.86. The van der Waals surface area contributed by atoms with Crippen LogP contribution in [0.5, 0.6) is 0 Å². The third-order valence-corrected chi connectivity index (χ3v) is 3.56. The summed E-state index contributed by atoms with van der Waals surface area (Å²) in [4.78, 5) is 39.1. The van der Waals surface area contributed by atoms with Crippen molar-refractivity contribution in [2.45, 2.75) is 38.5 Å². The number of carbonyl (C=O) groups is 2. The fourth-order valence-corrected chi connectivity index (χ4v) is 2.03. The summed E-state index contributed by atoms with van der Waals surface area (Å²) in [5.41, 5.74) is -0.462. The second kappa shape index (κ2) is 7.13. The van der Waals surface area contributed by atoms with Crippen LogP contribution in [0.3, 0.4) is 0 Å². The van der Waals surface area contributed by atoms with E-state index < -0.39 is 29.6 Å². The molecule has 2 N–H and O–H groups in total. The predicted molar refractivity (Wildman–Crippen MR) is 90.3 cm³/mol. The van der Waals surface area contributed by atoms with Gasteiger partial charge >= 0.3 is 5.97 Å². The molecule has 134 valence electrons. The number of rotatable bonds is 5. The molecular formula is C14H18N6O4S. The van der Waals surface area contributed by atoms with E-state index in [4.69, 9.17) is 5.11 Å². The Kier molecular flexibility index (Phi) is 5.36. The molecule has 25 heavy (non-hydrogen) atoms. The van der Waals surface area contributed by atoms with Gasteiger partial charge in [-0.2, -0.15) is 12.6 Å². The van der Waals surface area contributed by atoms with E-state index in [-0.39, 0.29) is 17.1 Å². The van der Waals surface area contributed by atoms with Crippen molar-refractivity contribution in [3.63, 3.8) is 0 Å². The van der Waals surface area contributed by atoms with Gasteiger partial charge in [-0.1, -0.05) is 0 Å². The zero-order valence-electron chi connectivity index (χ0n) is 13.9. The van der Waals surface area contributed by atoms with E-state index in [0.29, 0.717) is 5.36 Å². The number of fused-ring (bicyclic) bond motifs is 1. The number of aromatic nitrogens is 2. The van der Waals surface area contributed by atoms with Gasteiger partial charge in [0.05, 0.1) is 6.20 Å². The molecular weight excluding hydrogens is 348 g/mol. The number of hydroxylamine groups is 1. The number of carbonyl (C=O) groups excluding carboxylic acids is 1. The van der Waals surface area contributed by atoms with Crippen LogP contribution in [0.2, 0.25) is 0 Å². The van der Waals surface area contributed by atoms with Crippen LogP contribution in [0, 0.1) is 5.21 Å². The lowest BCUT2D eigenvalue weighted by molar-refractivity contribution is -0.532. The summed E-state index contributed by atoms with van der Waals surface area (Å²) in [6.45, 7) is 5.25. The summed E-state index contributed by atoms with van der Waals surface area (Å²) >= 11 is 3.87. The number of carboxylic acid groups (broad SMARTS) is 1. The molecule has 0 radical (unpaired) electrons. The smallest absolute Gasteiger partial charge is 0.327 e. The maximum Gasteiger partial charge on any atom is 0.327 e. The first kappa shape index (κ1) is 18.8. The van der Waals surface area contributed by atoms with Gasteiger partial charge in [0.15, 0.2) is 17.2 Å². The number of nitrogens with zero attached hydrogens (tertiary/aromatic N) is 5. The molecule has 1 amide bonds. The summed E-state index contributed by atoms with van der Waals surface area (Å²) in [6, 6.07) is -1.16. The monoisotopic (exact) mass is 366 g/mol. The summed E-state index contributed by atoms with van der Waals surface area (Å²) in [5, 5.41) is 23.5. The lowest BCUT2D eigenvalue weighted by Crippen LogP contribution is -2.43. The van der Waals surface area contributed by atoms with Crippen molar-refractivity contribution in [1.29, 1.82) is 0 Å². The highest BCUT2D eigenvalue weighted by atomic mass is 32.1. The predicted octanol–water partition coefficient (Wildman–Crippen LogP) is -1.45. The third-order valence-electron chi connectivity index (χ3n) is 3.19. The van der Waals surface area contributed by atoms with Crippen LogP contribution < -0.4 is 16.2 Å². The summed E-state index contributed by atoms with van der Waals surface area (Å²) in [5.74, 6) is -2.28. The van der Waals surface area contributed by atoms with Crippen molar-refractivity contribution in [3.05, 3.63) is 28.1 Å². The number of aliphatic carboxylic acids is 1. The summed E-state index contributed by atoms with van der Waals surface area (Å²) < 4.78 is 0.752. The molecule has 1 aliphatic heterocycles. The largest absolute Gasteiger partial charge is 0.624 e. The van der Waals surface area contributed by atoms with Crippen LogP contribution in [0.25, 0.3) is 0 Å². The highest BCUT2D eigenvalue weighted by molar-refractivity contribution is 7.80. The van der Waals surface area contributed by atoms with Gasteiger partial charge in [0.25, 0.3) is 5.91 Å². The molecule has 2 atom stereocenters. The standard InChI is InChI=1S/C14H18N6O4S/c1-14(2,3)20(24)5-9-16-7-4-15-11(19-10(7)18-9)12(21)17-8(6-25)13(22)23/h4-5,8-9,25H,6H2,1-3H3,(H,17,21)(H,22,23)/b20-5+. The van der Waals surface area contributed by atoms with Crippen molar-refractivity contribution in [3.8, 4) is 0 Å². The molecule has 1 aliphatic rings. The van der Waals surface area contributed by atoms with Gasteiger partial charge in [-0.15, -0.1) is 0 Å². The molecule has 0 saturated carbocycles. The Morgan fingerprint density at radius 3 is 2.72 bits per heavy atom. The van der Waals surface area contributed by atoms with Gasteiger partial charge in [-0.05, 0) is 0 Å². The van der Waals surface area contributed by atoms with E-state index in [0.717, 1.165) is 4.74 Å². The fourth-order valence-electron chi connectivity index (χ4n) is 1.78. The Hall–Kier alpha value is -2.56. The highest BCUT2D eigenvalue weighted by Crippen LogP contribution is 2.05. The van der Waals surface area contributed by atoms with Gasteiger partial charge in [0, 0.05) is 26.5 Å². The molecule has 0 aliphatic carbocycles. The topological polar surface area (TPSA) is 143 Å². The Labute approximate surface area is 148 Å². The van der Waals surface area contributed by atoms with Crippen molar-refractivity contribution in [2.24, 2.45) is 9.98 Å². The molecule has 0 bridgehead atoms. The Bertz CT molecular complexity index is 848. The number of hydrogen-bond acceptors (Lipinski definition) is 8. The number of nitrogens with one attached hydrogen (secondary N) is 1. The molecule has 11 heteroatoms. The maximum absolute atomic E-state index is 12.0. The molecule has 2 rings (SSSR count). The Morgan fingerprint density at radius 2 is 2.16 bits per heavy atom. The minimum Gasteiger partial charge on any atom is -0.624 e. The lowest BCUT2D eigenvalue weighted by Gasteiger charge is -2.18. The van der Waals surface area contributed by atoms with Crippen molar-refractivity contribution < 1.29 is 19.4 Å². The SMILES string of the molecule is CC(C)(C)/[N+]([O-])=C\C1N=c2cnc(C(=O)NC(CS)C(=O)O)nc2=N1. The molecule has 1 aromatic rings. The van der Waals surface area contributed by atoms with Crippen LogP contribution in [0.1, 0.15) is 31.4 Å². The average Bonchev–Trinajstić information content (AvgIpc) is 2.92. The number of carboxylic acids is 1. The third kappa shape index (κ3) is 4.50. The minimum atomic E-state index is -1.21. The van der Waals surface area contributed by atoms with Crippen molar-refractivity contribution >= 4 is 30.7 Å². The highest BCUT2D eigenvalue weighted by Gasteiger charge is 2.23. The first-order valence-corrected chi connectivity index (χ1v) is 8.00. The van der Waals surface area contributed by atoms with Gasteiger partial charge in [0.2, 0.25) is 12.0 Å². The van der Waals surface area contributed by atoms with Gasteiger partial charge in [-0.3, -0.25) is 4.79 Å². The van der Waals surface area contributed by atoms with Crippen LogP contribution >= 0.6 is 12.6 Å². The van der Waals surface area contributed by atoms with Crippen LogP contribution in [0.15, 0.2) is 16.2 Å². The average molecular weight is 366 g/mol. The first-order valence-electron chi connectivity index (χ1n) is 7.36. The van der Waals surface area contributed by atoms with E-state index in [9.17, 15) is 14.8 Å². The van der Waals surface area contributed by atoms with Gasteiger partial charge in [0.1, 0.15) is 11.4 Å². The Morgan fingerprint density at radius 1 is 1.48 bits per heavy atom. The molecule has 1 aromatic heterocycles. The van der Waals surface area contributed by atoms with Crippen molar-refractivity contribution in [1.82, 2.24) is 15.3 Å². The Balaban J connectivity index is 2.25. The van der Waals surface area contributed by atoms with Gasteiger partial charge in [-0.25, -0.2) is 29.5 Å². The number of hydrogen-bond donors (Lipinski definition) is 3. The first-order chi connectivity index (χ1) is 11.6. The quantitative estimate of drug-likeness (QED) is 0.191. The normalized spacial score (nSPS) is 17.9. The van der Waals surface area contributed by atoms with Gasteiger partial charge < -0.3 is 15.6 Å². The molecule has 0 spiro atoms. The zero-order chi connectivity index (χ0) is 18.8. The van der Waals surface area contributed by atoms with Crippen LogP contribution in [0.4, 0.5) is 0 Å².